The summed E-state index contributed by atoms with van der Waals surface area (Å²) in [6.07, 6.45) is 1.98. The highest BCUT2D eigenvalue weighted by Gasteiger charge is 2.14. The second-order valence-electron chi connectivity index (χ2n) is 28.8. The predicted octanol–water partition coefficient (Wildman–Crippen LogP) is 23.4. The van der Waals surface area contributed by atoms with E-state index in [1.807, 2.05) is 54.6 Å². The molecule has 566 valence electrons. The Morgan fingerprint density at radius 2 is 0.296 bits per heavy atom. The minimum absolute atomic E-state index is 0.262. The van der Waals surface area contributed by atoms with Gasteiger partial charge in [-0.1, -0.05) is 211 Å². The molecule has 0 bridgehead atoms. The van der Waals surface area contributed by atoms with Gasteiger partial charge in [0.1, 0.15) is 86.5 Å². The van der Waals surface area contributed by atoms with Gasteiger partial charge in [0.05, 0.1) is 37.6 Å². The third-order valence-corrected chi connectivity index (χ3v) is 18.0. The molecule has 0 heterocycles. The quantitative estimate of drug-likeness (QED) is 0.0273. The fourth-order valence-corrected chi connectivity index (χ4v) is 14.0. The van der Waals surface area contributed by atoms with E-state index < -0.39 is 0 Å². The molecule has 0 fully saturated rings. The average Bonchev–Trinajstić information content (AvgIpc) is 0.889. The van der Waals surface area contributed by atoms with Crippen molar-refractivity contribution >= 4 is 37.9 Å². The van der Waals surface area contributed by atoms with Gasteiger partial charge in [-0.25, -0.2) is 0 Å². The topological polar surface area (TPSA) is 92.3 Å². The maximum atomic E-state index is 6.52. The molecule has 10 nitrogen and oxygen atoms in total. The van der Waals surface area contributed by atoms with Crippen molar-refractivity contribution in [1.29, 1.82) is 0 Å². The van der Waals surface area contributed by atoms with E-state index in [9.17, 15) is 0 Å². The summed E-state index contributed by atoms with van der Waals surface area (Å²) in [4.78, 5) is 0. The number of rotatable bonds is 33. The molecule has 0 saturated heterocycles. The van der Waals surface area contributed by atoms with Gasteiger partial charge in [0, 0.05) is 18.2 Å². The highest BCUT2D eigenvalue weighted by molar-refractivity contribution is 7.80. The van der Waals surface area contributed by atoms with E-state index in [0.717, 1.165) is 63.1 Å². The van der Waals surface area contributed by atoms with Crippen molar-refractivity contribution in [3.63, 3.8) is 0 Å². The molecule has 0 N–H and O–H groups in total. The molecule has 0 atom stereocenters. The number of thiol groups is 3. The first-order valence-corrected chi connectivity index (χ1v) is 38.8. The lowest BCUT2D eigenvalue weighted by atomic mass is 9.99. The van der Waals surface area contributed by atoms with E-state index >= 15 is 0 Å². The van der Waals surface area contributed by atoms with Crippen molar-refractivity contribution in [2.24, 2.45) is 0 Å². The van der Waals surface area contributed by atoms with Crippen molar-refractivity contribution in [1.82, 2.24) is 0 Å². The molecule has 11 rings (SSSR count). The van der Waals surface area contributed by atoms with Crippen LogP contribution in [0.1, 0.15) is 145 Å². The lowest BCUT2D eigenvalue weighted by Crippen LogP contribution is -2.03. The Labute approximate surface area is 659 Å². The molecule has 0 radical (unpaired) electrons. The summed E-state index contributed by atoms with van der Waals surface area (Å²) in [6.45, 7) is 33.9. The Balaban J connectivity index is 0.000000261. The summed E-state index contributed by atoms with van der Waals surface area (Å²) in [5.74, 6) is 6.11. The summed E-state index contributed by atoms with van der Waals surface area (Å²) in [5.41, 5.74) is 30.7. The highest BCUT2D eigenvalue weighted by Crippen LogP contribution is 2.32. The first-order chi connectivity index (χ1) is 51.9. The molecule has 0 unspecified atom stereocenters. The van der Waals surface area contributed by atoms with Gasteiger partial charge >= 0.3 is 0 Å². The first-order valence-electron chi connectivity index (χ1n) is 36.9. The largest absolute Gasteiger partial charge is 0.489 e. The SMILES string of the molecule is Cc1cc(C)cc(CCc2cc(COCS)cc(OCc3cc(C)cc(C)c3)c2)c1.Cc1cc(C)cc(COCS)c1.Cc1cc(C)cc(COc2cc(COc3cc(COCS)cc(OCc4cc(OCc5cc(C)cc(C)c5)cc(OCc5cc(C)cc(C)c5)c4)c3)cc(OCc3cc(C)cc(C)c3)c2)c1. The van der Waals surface area contributed by atoms with Crippen molar-refractivity contribution < 1.29 is 47.4 Å². The fourth-order valence-electron chi connectivity index (χ4n) is 13.8. The molecular weight excluding hydrogens is 1400 g/mol. The van der Waals surface area contributed by atoms with Gasteiger partial charge in [-0.05, 0) is 225 Å². The van der Waals surface area contributed by atoms with Gasteiger partial charge in [0.25, 0.3) is 0 Å². The van der Waals surface area contributed by atoms with Gasteiger partial charge in [0.2, 0.25) is 0 Å². The molecule has 11 aromatic rings. The molecule has 0 amide bonds. The van der Waals surface area contributed by atoms with Crippen LogP contribution in [0.25, 0.3) is 0 Å². The summed E-state index contributed by atoms with van der Waals surface area (Å²) in [5, 5.41) is 0. The lowest BCUT2D eigenvalue weighted by Gasteiger charge is -2.16. The van der Waals surface area contributed by atoms with E-state index in [0.29, 0.717) is 99.2 Å². The standard InChI is InChI=1S/C58H62O7S.C27H32O2S.C10H14OS/c1-38-9-39(2)14-46(13-38)31-60-55-23-51(24-56(28-55)61-32-47-15-40(3)10-41(4)16-47)35-64-53-21-50(30-59-37-66)22-54(27-53)65-36-52-25-57(62-33-48-17-42(5)11-43(6)18-48)29-58(26-52)63-34-49-19-44(7)12-45(8)20-49;1-19-7-20(2)10-23(9-19)5-6-24-13-26(16-28-18-30)15-27(14-24)29-17-25-11-21(3)8-22(4)12-25;1-8-3-9(2)5-10(4-8)6-11-7-12/h9-29,66H,30-37H2,1-8H3;7-15,30H,5-6,16-18H2,1-4H3;3-5,12H,6-7H2,1-2H3. The van der Waals surface area contributed by atoms with E-state index in [2.05, 4.69) is 280 Å². The van der Waals surface area contributed by atoms with Crippen molar-refractivity contribution in [3.05, 3.63) is 345 Å². The molecule has 13 heteroatoms. The Morgan fingerprint density at radius 1 is 0.157 bits per heavy atom. The Kier molecular flexibility index (Phi) is 32.3. The zero-order valence-electron chi connectivity index (χ0n) is 65.6. The van der Waals surface area contributed by atoms with Crippen LogP contribution in [-0.4, -0.2) is 17.8 Å². The van der Waals surface area contributed by atoms with Crippen molar-refractivity contribution in [2.45, 2.75) is 176 Å². The predicted molar refractivity (Wildman–Crippen MR) is 451 cm³/mol. The minimum Gasteiger partial charge on any atom is -0.489 e. The summed E-state index contributed by atoms with van der Waals surface area (Å²) >= 11 is 12.4. The zero-order valence-corrected chi connectivity index (χ0v) is 68.3. The molecule has 0 spiro atoms. The van der Waals surface area contributed by atoms with Crippen LogP contribution in [0.2, 0.25) is 0 Å². The highest BCUT2D eigenvalue weighted by atomic mass is 32.1. The molecule has 0 aliphatic heterocycles. The molecule has 0 saturated carbocycles. The Morgan fingerprint density at radius 3 is 0.500 bits per heavy atom. The van der Waals surface area contributed by atoms with E-state index in [1.54, 1.807) is 0 Å². The first kappa shape index (κ1) is 83.0. The van der Waals surface area contributed by atoms with Crippen molar-refractivity contribution in [3.8, 4) is 40.2 Å². The van der Waals surface area contributed by atoms with Crippen molar-refractivity contribution in [2.75, 3.05) is 17.8 Å². The summed E-state index contributed by atoms with van der Waals surface area (Å²) in [7, 11) is 0. The maximum absolute atomic E-state index is 6.52. The molecule has 0 aromatic heterocycles. The molecule has 0 aliphatic rings. The third kappa shape index (κ3) is 29.2. The number of benzene rings is 11. The maximum Gasteiger partial charge on any atom is 0.123 e. The van der Waals surface area contributed by atoms with Gasteiger partial charge in [-0.2, -0.15) is 37.9 Å². The normalized spacial score (nSPS) is 10.9. The van der Waals surface area contributed by atoms with Crippen LogP contribution in [0.15, 0.2) is 200 Å². The molecule has 11 aromatic carbocycles. The molecular formula is C95H108O10S3. The third-order valence-electron chi connectivity index (χ3n) is 17.4. The van der Waals surface area contributed by atoms with Gasteiger partial charge in [-0.3, -0.25) is 0 Å². The number of aryl methyl sites for hydroxylation is 16. The zero-order chi connectivity index (χ0) is 77.1. The average molecular weight is 1510 g/mol. The second kappa shape index (κ2) is 42.1. The van der Waals surface area contributed by atoms with Crippen LogP contribution in [-0.2, 0) is 93.1 Å². The lowest BCUT2D eigenvalue weighted by molar-refractivity contribution is 0.169. The second-order valence-corrected chi connectivity index (χ2v) is 29.6. The fraction of sp³-hybridized carbons (Fsp3) is 0.305. The number of hydrogen-bond donors (Lipinski definition) is 3. The van der Waals surface area contributed by atoms with E-state index in [1.165, 1.54) is 100 Å². The summed E-state index contributed by atoms with van der Waals surface area (Å²) in [6, 6.07) is 69.8. The minimum atomic E-state index is 0.262. The molecule has 108 heavy (non-hydrogen) atoms. The van der Waals surface area contributed by atoms with Crippen LogP contribution in [0, 0.1) is 96.9 Å². The Hall–Kier alpha value is -9.05. The number of hydrogen-bond acceptors (Lipinski definition) is 13. The van der Waals surface area contributed by atoms with E-state index in [4.69, 9.17) is 47.4 Å². The van der Waals surface area contributed by atoms with Gasteiger partial charge in [-0.15, -0.1) is 0 Å². The van der Waals surface area contributed by atoms with Crippen LogP contribution in [0.3, 0.4) is 0 Å². The van der Waals surface area contributed by atoms with Gasteiger partial charge < -0.3 is 47.4 Å². The number of ether oxygens (including phenoxy) is 10. The van der Waals surface area contributed by atoms with Crippen LogP contribution in [0.5, 0.6) is 40.2 Å². The monoisotopic (exact) mass is 1500 g/mol. The van der Waals surface area contributed by atoms with Crippen LogP contribution < -0.4 is 33.2 Å². The van der Waals surface area contributed by atoms with Gasteiger partial charge in [0.15, 0.2) is 0 Å². The Bertz CT molecular complexity index is 4210. The molecule has 0 aliphatic carbocycles. The smallest absolute Gasteiger partial charge is 0.123 e. The van der Waals surface area contributed by atoms with E-state index in [-0.39, 0.29) is 19.2 Å². The van der Waals surface area contributed by atoms with Crippen LogP contribution >= 0.6 is 37.9 Å². The summed E-state index contributed by atoms with van der Waals surface area (Å²) < 4.78 is 61.2. The van der Waals surface area contributed by atoms with Crippen LogP contribution in [0.4, 0.5) is 0 Å².